The van der Waals surface area contributed by atoms with Gasteiger partial charge in [-0.15, -0.1) is 0 Å². The molecule has 0 saturated carbocycles. The highest BCUT2D eigenvalue weighted by atomic mass is 35.5. The monoisotopic (exact) mass is 271 g/mol. The molecule has 0 aliphatic heterocycles. The molecule has 0 N–H and O–H groups in total. The average molecular weight is 272 g/mol. The summed E-state index contributed by atoms with van der Waals surface area (Å²) in [6.45, 7) is 1.94. The lowest BCUT2D eigenvalue weighted by Crippen LogP contribution is -2.00. The number of carbonyl (C=O) groups is 1. The molecule has 0 fully saturated rings. The number of aryl methyl sites for hydroxylation is 1. The van der Waals surface area contributed by atoms with Crippen molar-refractivity contribution in [1.82, 2.24) is 4.98 Å². The van der Waals surface area contributed by atoms with Gasteiger partial charge in [-0.2, -0.15) is 0 Å². The molecule has 3 aromatic rings. The summed E-state index contributed by atoms with van der Waals surface area (Å²) in [6.07, 6.45) is 2.98. The minimum Gasteiger partial charge on any atom is -0.452 e. The number of nitrogens with zero attached hydrogens (tertiary/aromatic N) is 1. The number of aromatic nitrogens is 1. The molecule has 0 atom stereocenters. The lowest BCUT2D eigenvalue weighted by atomic mass is 10.1. The molecule has 0 amide bonds. The van der Waals surface area contributed by atoms with Gasteiger partial charge in [-0.05, 0) is 24.6 Å². The third kappa shape index (κ3) is 2.02. The standard InChI is InChI=1S/C15H10ClNO2/c1-9-3-2-4-10-7-13(19-15(9)10)14(18)11-5-6-17-8-12(11)16/h2-8H,1H3. The van der Waals surface area contributed by atoms with Gasteiger partial charge in [0, 0.05) is 23.3 Å². The fourth-order valence-electron chi connectivity index (χ4n) is 2.01. The van der Waals surface area contributed by atoms with Gasteiger partial charge in [0.2, 0.25) is 5.78 Å². The highest BCUT2D eigenvalue weighted by Crippen LogP contribution is 2.25. The second kappa shape index (κ2) is 4.52. The van der Waals surface area contributed by atoms with E-state index in [2.05, 4.69) is 4.98 Å². The maximum Gasteiger partial charge on any atom is 0.229 e. The predicted octanol–water partition coefficient (Wildman–Crippen LogP) is 4.02. The number of fused-ring (bicyclic) bond motifs is 1. The molecule has 4 heteroatoms. The number of furan rings is 1. The Kier molecular flexibility index (Phi) is 2.84. The summed E-state index contributed by atoms with van der Waals surface area (Å²) in [5.74, 6) is 0.0559. The second-order valence-corrected chi connectivity index (χ2v) is 4.70. The van der Waals surface area contributed by atoms with Crippen LogP contribution in [0.25, 0.3) is 11.0 Å². The SMILES string of the molecule is Cc1cccc2cc(C(=O)c3ccncc3Cl)oc12. The molecule has 2 aromatic heterocycles. The van der Waals surface area contributed by atoms with Crippen LogP contribution in [-0.2, 0) is 0 Å². The molecule has 0 bridgehead atoms. The van der Waals surface area contributed by atoms with Gasteiger partial charge < -0.3 is 4.42 Å². The van der Waals surface area contributed by atoms with Crippen molar-refractivity contribution in [2.24, 2.45) is 0 Å². The van der Waals surface area contributed by atoms with Gasteiger partial charge in [-0.3, -0.25) is 9.78 Å². The zero-order valence-corrected chi connectivity index (χ0v) is 10.9. The van der Waals surface area contributed by atoms with Gasteiger partial charge >= 0.3 is 0 Å². The van der Waals surface area contributed by atoms with E-state index in [4.69, 9.17) is 16.0 Å². The average Bonchev–Trinajstić information content (AvgIpc) is 2.84. The van der Waals surface area contributed by atoms with Gasteiger partial charge in [-0.1, -0.05) is 29.8 Å². The number of para-hydroxylation sites is 1. The van der Waals surface area contributed by atoms with E-state index >= 15 is 0 Å². The molecule has 94 valence electrons. The Morgan fingerprint density at radius 3 is 2.89 bits per heavy atom. The number of rotatable bonds is 2. The summed E-state index contributed by atoms with van der Waals surface area (Å²) < 4.78 is 5.64. The van der Waals surface area contributed by atoms with E-state index < -0.39 is 0 Å². The summed E-state index contributed by atoms with van der Waals surface area (Å²) in [7, 11) is 0. The van der Waals surface area contributed by atoms with Gasteiger partial charge in [0.25, 0.3) is 0 Å². The number of benzene rings is 1. The molecule has 19 heavy (non-hydrogen) atoms. The van der Waals surface area contributed by atoms with Crippen LogP contribution in [0.15, 0.2) is 47.1 Å². The van der Waals surface area contributed by atoms with Crippen molar-refractivity contribution in [2.45, 2.75) is 6.92 Å². The van der Waals surface area contributed by atoms with E-state index in [1.165, 1.54) is 12.4 Å². The first kappa shape index (κ1) is 11.9. The Labute approximate surface area is 114 Å². The highest BCUT2D eigenvalue weighted by Gasteiger charge is 2.17. The zero-order valence-electron chi connectivity index (χ0n) is 10.2. The van der Waals surface area contributed by atoms with E-state index in [1.807, 2.05) is 25.1 Å². The van der Waals surface area contributed by atoms with Crippen LogP contribution in [0.3, 0.4) is 0 Å². The molecule has 0 saturated heterocycles. The number of ketones is 1. The molecule has 2 heterocycles. The van der Waals surface area contributed by atoms with Crippen LogP contribution in [0.1, 0.15) is 21.7 Å². The number of pyridine rings is 1. The van der Waals surface area contributed by atoms with Gasteiger partial charge in [0.1, 0.15) is 5.58 Å². The highest BCUT2D eigenvalue weighted by molar-refractivity contribution is 6.34. The maximum absolute atomic E-state index is 12.3. The first-order valence-electron chi connectivity index (χ1n) is 5.80. The second-order valence-electron chi connectivity index (χ2n) is 4.29. The van der Waals surface area contributed by atoms with E-state index in [0.717, 1.165) is 16.5 Å². The summed E-state index contributed by atoms with van der Waals surface area (Å²) >= 11 is 5.97. The molecule has 3 rings (SSSR count). The molecule has 0 unspecified atom stereocenters. The minimum atomic E-state index is -0.233. The quantitative estimate of drug-likeness (QED) is 0.661. The van der Waals surface area contributed by atoms with Crippen LogP contribution in [0.4, 0.5) is 0 Å². The summed E-state index contributed by atoms with van der Waals surface area (Å²) in [4.78, 5) is 16.2. The Hall–Kier alpha value is -2.13. The predicted molar refractivity (Wildman–Crippen MR) is 73.6 cm³/mol. The summed E-state index contributed by atoms with van der Waals surface area (Å²) in [6, 6.07) is 9.11. The number of hydrogen-bond acceptors (Lipinski definition) is 3. The third-order valence-corrected chi connectivity index (χ3v) is 3.28. The first-order valence-corrected chi connectivity index (χ1v) is 6.18. The van der Waals surface area contributed by atoms with Crippen LogP contribution in [0.2, 0.25) is 5.02 Å². The van der Waals surface area contributed by atoms with E-state index in [1.54, 1.807) is 12.1 Å². The van der Waals surface area contributed by atoms with Crippen LogP contribution in [0.5, 0.6) is 0 Å². The van der Waals surface area contributed by atoms with E-state index in [9.17, 15) is 4.79 Å². The van der Waals surface area contributed by atoms with Crippen molar-refractivity contribution in [2.75, 3.05) is 0 Å². The van der Waals surface area contributed by atoms with Crippen molar-refractivity contribution in [1.29, 1.82) is 0 Å². The smallest absolute Gasteiger partial charge is 0.229 e. The van der Waals surface area contributed by atoms with Crippen LogP contribution < -0.4 is 0 Å². The first-order chi connectivity index (χ1) is 9.16. The topological polar surface area (TPSA) is 43.1 Å². The normalized spacial score (nSPS) is 10.8. The van der Waals surface area contributed by atoms with Crippen LogP contribution in [0, 0.1) is 6.92 Å². The van der Waals surface area contributed by atoms with Crippen molar-refractivity contribution in [3.05, 3.63) is 64.6 Å². The van der Waals surface area contributed by atoms with Crippen LogP contribution >= 0.6 is 11.6 Å². The van der Waals surface area contributed by atoms with Gasteiger partial charge in [0.05, 0.1) is 5.02 Å². The van der Waals surface area contributed by atoms with Gasteiger partial charge in [0.15, 0.2) is 5.76 Å². The lowest BCUT2D eigenvalue weighted by Gasteiger charge is -1.99. The maximum atomic E-state index is 12.3. The number of carbonyl (C=O) groups excluding carboxylic acids is 1. The van der Waals surface area contributed by atoms with Crippen LogP contribution in [-0.4, -0.2) is 10.8 Å². The van der Waals surface area contributed by atoms with Crippen molar-refractivity contribution in [3.8, 4) is 0 Å². The fourth-order valence-corrected chi connectivity index (χ4v) is 2.22. The molecular formula is C15H10ClNO2. The molecule has 0 aliphatic rings. The molecule has 3 nitrogen and oxygen atoms in total. The fraction of sp³-hybridized carbons (Fsp3) is 0.0667. The summed E-state index contributed by atoms with van der Waals surface area (Å²) in [5.41, 5.74) is 2.13. The Morgan fingerprint density at radius 1 is 1.32 bits per heavy atom. The van der Waals surface area contributed by atoms with Gasteiger partial charge in [-0.25, -0.2) is 0 Å². The Balaban J connectivity index is 2.12. The molecule has 1 aromatic carbocycles. The van der Waals surface area contributed by atoms with Crippen molar-refractivity contribution in [3.63, 3.8) is 0 Å². The largest absolute Gasteiger partial charge is 0.452 e. The molecular weight excluding hydrogens is 262 g/mol. The Bertz CT molecular complexity index is 777. The minimum absolute atomic E-state index is 0.233. The molecule has 0 radical (unpaired) electrons. The molecule has 0 aliphatic carbocycles. The summed E-state index contributed by atoms with van der Waals surface area (Å²) in [5, 5.41) is 1.23. The number of halogens is 1. The Morgan fingerprint density at radius 2 is 2.16 bits per heavy atom. The van der Waals surface area contributed by atoms with Crippen molar-refractivity contribution >= 4 is 28.4 Å². The lowest BCUT2D eigenvalue weighted by molar-refractivity contribution is 0.101. The molecule has 0 spiro atoms. The zero-order chi connectivity index (χ0) is 13.4. The van der Waals surface area contributed by atoms with E-state index in [-0.39, 0.29) is 11.5 Å². The van der Waals surface area contributed by atoms with Crippen molar-refractivity contribution < 1.29 is 9.21 Å². The number of hydrogen-bond donors (Lipinski definition) is 0. The van der Waals surface area contributed by atoms with E-state index in [0.29, 0.717) is 10.6 Å². The third-order valence-electron chi connectivity index (χ3n) is 2.98.